The molecule has 1 N–H and O–H groups in total. The number of alkyl halides is 2. The second kappa shape index (κ2) is 1.89. The van der Waals surface area contributed by atoms with Crippen molar-refractivity contribution in [3.05, 3.63) is 0 Å². The van der Waals surface area contributed by atoms with Crippen LogP contribution in [0.3, 0.4) is 0 Å². The molecule has 2 rings (SSSR count). The van der Waals surface area contributed by atoms with Gasteiger partial charge in [0.2, 0.25) is 0 Å². The van der Waals surface area contributed by atoms with Crippen LogP contribution in [0.1, 0.15) is 0 Å². The van der Waals surface area contributed by atoms with Gasteiger partial charge in [-0.05, 0) is 0 Å². The lowest BCUT2D eigenvalue weighted by Gasteiger charge is -2.27. The Morgan fingerprint density at radius 3 is 2.80 bits per heavy atom. The van der Waals surface area contributed by atoms with E-state index in [1.807, 2.05) is 0 Å². The van der Waals surface area contributed by atoms with E-state index in [9.17, 15) is 8.78 Å². The van der Waals surface area contributed by atoms with Gasteiger partial charge in [0, 0.05) is 13.1 Å². The topological polar surface area (TPSA) is 21.3 Å². The van der Waals surface area contributed by atoms with Gasteiger partial charge in [0.25, 0.3) is 5.92 Å². The SMILES string of the molecule is FC1(F)C2CNCC1OC2. The van der Waals surface area contributed by atoms with Crippen molar-refractivity contribution in [2.45, 2.75) is 12.0 Å². The highest BCUT2D eigenvalue weighted by molar-refractivity contribution is 4.96. The minimum atomic E-state index is -2.58. The Morgan fingerprint density at radius 1 is 1.40 bits per heavy atom. The van der Waals surface area contributed by atoms with Crippen molar-refractivity contribution in [3.63, 3.8) is 0 Å². The lowest BCUT2D eigenvalue weighted by Crippen LogP contribution is -2.50. The predicted octanol–water partition coefficient (Wildman–Crippen LogP) is 0.240. The number of rotatable bonds is 0. The van der Waals surface area contributed by atoms with Crippen LogP contribution in [0.5, 0.6) is 0 Å². The Hall–Kier alpha value is -0.220. The first kappa shape index (κ1) is 6.49. The van der Waals surface area contributed by atoms with Gasteiger partial charge in [0.1, 0.15) is 6.10 Å². The lowest BCUT2D eigenvalue weighted by atomic mass is 9.97. The van der Waals surface area contributed by atoms with Crippen molar-refractivity contribution in [3.8, 4) is 0 Å². The number of hydrogen-bond acceptors (Lipinski definition) is 2. The van der Waals surface area contributed by atoms with Crippen molar-refractivity contribution >= 4 is 0 Å². The maximum absolute atomic E-state index is 12.9. The van der Waals surface area contributed by atoms with Crippen molar-refractivity contribution in [1.82, 2.24) is 5.32 Å². The summed E-state index contributed by atoms with van der Waals surface area (Å²) in [6, 6.07) is 0. The van der Waals surface area contributed by atoms with Crippen molar-refractivity contribution in [1.29, 1.82) is 0 Å². The summed E-state index contributed by atoms with van der Waals surface area (Å²) in [5, 5.41) is 2.90. The summed E-state index contributed by atoms with van der Waals surface area (Å²) in [7, 11) is 0. The zero-order valence-corrected chi connectivity index (χ0v) is 5.44. The minimum absolute atomic E-state index is 0.213. The van der Waals surface area contributed by atoms with Gasteiger partial charge < -0.3 is 10.1 Å². The Morgan fingerprint density at radius 2 is 2.20 bits per heavy atom. The van der Waals surface area contributed by atoms with E-state index in [1.54, 1.807) is 0 Å². The first-order valence-electron chi connectivity index (χ1n) is 3.41. The summed E-state index contributed by atoms with van der Waals surface area (Å²) >= 11 is 0. The van der Waals surface area contributed by atoms with Gasteiger partial charge in [0.15, 0.2) is 0 Å². The van der Waals surface area contributed by atoms with Crippen molar-refractivity contribution in [2.75, 3.05) is 19.7 Å². The molecule has 2 heterocycles. The second-order valence-corrected chi connectivity index (χ2v) is 2.85. The Balaban J connectivity index is 2.21. The summed E-state index contributed by atoms with van der Waals surface area (Å²) in [6.07, 6.45) is -0.869. The van der Waals surface area contributed by atoms with Crippen molar-refractivity contribution < 1.29 is 13.5 Å². The zero-order valence-electron chi connectivity index (χ0n) is 5.44. The molecule has 2 nitrogen and oxygen atoms in total. The number of ether oxygens (including phenoxy) is 1. The fourth-order valence-electron chi connectivity index (χ4n) is 1.50. The van der Waals surface area contributed by atoms with Crippen LogP contribution in [0, 0.1) is 5.92 Å². The largest absolute Gasteiger partial charge is 0.370 e. The fraction of sp³-hybridized carbons (Fsp3) is 1.00. The molecule has 2 atom stereocenters. The highest BCUT2D eigenvalue weighted by Gasteiger charge is 2.55. The first-order chi connectivity index (χ1) is 4.71. The number of nitrogens with one attached hydrogen (secondary N) is 1. The van der Waals surface area contributed by atoms with Crippen LogP contribution in [0.15, 0.2) is 0 Å². The molecule has 4 heteroatoms. The highest BCUT2D eigenvalue weighted by Crippen LogP contribution is 2.38. The third kappa shape index (κ3) is 0.689. The van der Waals surface area contributed by atoms with Gasteiger partial charge in [-0.3, -0.25) is 0 Å². The average molecular weight is 149 g/mol. The van der Waals surface area contributed by atoms with Gasteiger partial charge in [-0.15, -0.1) is 0 Å². The predicted molar refractivity (Wildman–Crippen MR) is 31.0 cm³/mol. The molecule has 2 aliphatic rings. The van der Waals surface area contributed by atoms with Crippen molar-refractivity contribution in [2.24, 2.45) is 5.92 Å². The third-order valence-corrected chi connectivity index (χ3v) is 2.19. The smallest absolute Gasteiger partial charge is 0.281 e. The Labute approximate surface area is 57.5 Å². The quantitative estimate of drug-likeness (QED) is 0.532. The summed E-state index contributed by atoms with van der Waals surface area (Å²) in [6.45, 7) is 0.900. The third-order valence-electron chi connectivity index (χ3n) is 2.19. The van der Waals surface area contributed by atoms with Crippen LogP contribution >= 0.6 is 0 Å². The molecule has 2 bridgehead atoms. The van der Waals surface area contributed by atoms with Crippen LogP contribution < -0.4 is 5.32 Å². The van der Waals surface area contributed by atoms with Gasteiger partial charge in [0.05, 0.1) is 12.5 Å². The normalized spacial score (nSPS) is 43.8. The molecule has 0 aliphatic carbocycles. The number of halogens is 2. The molecule has 0 radical (unpaired) electrons. The molecular weight excluding hydrogens is 140 g/mol. The van der Waals surface area contributed by atoms with Crippen LogP contribution in [0.25, 0.3) is 0 Å². The molecule has 0 saturated carbocycles. The first-order valence-corrected chi connectivity index (χ1v) is 3.41. The van der Waals surface area contributed by atoms with Crippen LogP contribution in [-0.4, -0.2) is 31.7 Å². The van der Waals surface area contributed by atoms with E-state index in [0.717, 1.165) is 0 Å². The molecule has 0 amide bonds. The van der Waals surface area contributed by atoms with E-state index in [4.69, 9.17) is 4.74 Å². The number of hydrogen-bond donors (Lipinski definition) is 1. The van der Waals surface area contributed by atoms with Gasteiger partial charge in [-0.25, -0.2) is 8.78 Å². The Kier molecular flexibility index (Phi) is 1.22. The molecule has 0 aromatic heterocycles. The molecule has 2 saturated heterocycles. The highest BCUT2D eigenvalue weighted by atomic mass is 19.3. The van der Waals surface area contributed by atoms with E-state index in [0.29, 0.717) is 13.1 Å². The van der Waals surface area contributed by atoms with Gasteiger partial charge >= 0.3 is 0 Å². The van der Waals surface area contributed by atoms with E-state index in [-0.39, 0.29) is 6.61 Å². The average Bonchev–Trinajstić information content (AvgIpc) is 2.17. The molecule has 10 heavy (non-hydrogen) atoms. The molecule has 0 aromatic rings. The maximum Gasteiger partial charge on any atom is 0.281 e. The van der Waals surface area contributed by atoms with E-state index in [1.165, 1.54) is 0 Å². The van der Waals surface area contributed by atoms with E-state index < -0.39 is 17.9 Å². The lowest BCUT2D eigenvalue weighted by molar-refractivity contribution is -0.0974. The van der Waals surface area contributed by atoms with E-state index in [2.05, 4.69) is 5.32 Å². The summed E-state index contributed by atoms with van der Waals surface area (Å²) in [5.41, 5.74) is 0. The second-order valence-electron chi connectivity index (χ2n) is 2.85. The molecule has 0 spiro atoms. The maximum atomic E-state index is 12.9. The van der Waals surface area contributed by atoms with Gasteiger partial charge in [-0.1, -0.05) is 0 Å². The molecule has 0 aromatic carbocycles. The fourth-order valence-corrected chi connectivity index (χ4v) is 1.50. The van der Waals surface area contributed by atoms with Crippen LogP contribution in [0.4, 0.5) is 8.78 Å². The molecular formula is C6H9F2NO. The summed E-state index contributed by atoms with van der Waals surface area (Å²) in [4.78, 5) is 0. The standard InChI is InChI=1S/C6H9F2NO/c7-6(8)4-1-9-2-5(6)10-3-4/h4-5,9H,1-3H2. The molecule has 2 fully saturated rings. The number of piperidine rings is 1. The summed E-state index contributed by atoms with van der Waals surface area (Å²) in [5.74, 6) is -3.17. The zero-order chi connectivity index (χ0) is 7.19. The number of fused-ring (bicyclic) bond motifs is 2. The van der Waals surface area contributed by atoms with Crippen LogP contribution in [-0.2, 0) is 4.74 Å². The minimum Gasteiger partial charge on any atom is -0.370 e. The summed E-state index contributed by atoms with van der Waals surface area (Å²) < 4.78 is 30.7. The van der Waals surface area contributed by atoms with Gasteiger partial charge in [-0.2, -0.15) is 0 Å². The van der Waals surface area contributed by atoms with Crippen LogP contribution in [0.2, 0.25) is 0 Å². The molecule has 58 valence electrons. The molecule has 2 aliphatic heterocycles. The van der Waals surface area contributed by atoms with E-state index >= 15 is 0 Å². The molecule has 2 unspecified atom stereocenters. The Bertz CT molecular complexity index is 133. The monoisotopic (exact) mass is 149 g/mol.